The van der Waals surface area contributed by atoms with E-state index in [1.54, 1.807) is 41.0 Å². The Morgan fingerprint density at radius 2 is 1.68 bits per heavy atom. The molecule has 31 heavy (non-hydrogen) atoms. The van der Waals surface area contributed by atoms with Crippen LogP contribution in [0.25, 0.3) is 10.9 Å². The van der Waals surface area contributed by atoms with Crippen LogP contribution >= 0.6 is 0 Å². The summed E-state index contributed by atoms with van der Waals surface area (Å²) < 4.78 is 17.9. The molecule has 1 N–H and O–H groups in total. The second kappa shape index (κ2) is 10.7. The third-order valence-electron chi connectivity index (χ3n) is 4.84. The number of aliphatic carboxylic acids is 1. The molecule has 0 saturated heterocycles. The third-order valence-corrected chi connectivity index (χ3v) is 4.84. The molecule has 2 aromatic carbocycles. The molecule has 0 unspecified atom stereocenters. The van der Waals surface area contributed by atoms with Crippen LogP contribution in [-0.2, 0) is 20.7 Å². The molecule has 7 nitrogen and oxygen atoms in total. The van der Waals surface area contributed by atoms with Crippen molar-refractivity contribution in [3.63, 3.8) is 0 Å². The third kappa shape index (κ3) is 5.71. The summed E-state index contributed by atoms with van der Waals surface area (Å²) in [6, 6.07) is 14.2. The van der Waals surface area contributed by atoms with Crippen molar-refractivity contribution >= 4 is 22.8 Å². The Labute approximate surface area is 181 Å². The number of rotatable bonds is 11. The molecule has 0 radical (unpaired) electrons. The van der Waals surface area contributed by atoms with Gasteiger partial charge in [0.05, 0.1) is 31.8 Å². The van der Waals surface area contributed by atoms with Gasteiger partial charge in [0.15, 0.2) is 0 Å². The van der Waals surface area contributed by atoms with Gasteiger partial charge in [-0.1, -0.05) is 12.1 Å². The molecule has 3 aromatic rings. The number of nitrogens with zero attached hydrogens (tertiary/aromatic N) is 1. The van der Waals surface area contributed by atoms with Gasteiger partial charge in [-0.05, 0) is 55.8 Å². The SMILES string of the molecule is CCOCCOCCOc1ccc(C(=O)n2c(C)cc3c(CC(=O)O)cccc32)cc1. The predicted octanol–water partition coefficient (Wildman–Crippen LogP) is 3.70. The van der Waals surface area contributed by atoms with Gasteiger partial charge in [-0.15, -0.1) is 0 Å². The van der Waals surface area contributed by atoms with Crippen LogP contribution in [-0.4, -0.2) is 54.6 Å². The van der Waals surface area contributed by atoms with Gasteiger partial charge in [-0.2, -0.15) is 0 Å². The molecule has 0 spiro atoms. The van der Waals surface area contributed by atoms with Gasteiger partial charge >= 0.3 is 5.97 Å². The van der Waals surface area contributed by atoms with Gasteiger partial charge < -0.3 is 19.3 Å². The lowest BCUT2D eigenvalue weighted by Crippen LogP contribution is -2.13. The van der Waals surface area contributed by atoms with Crippen molar-refractivity contribution in [3.8, 4) is 5.75 Å². The smallest absolute Gasteiger partial charge is 0.307 e. The maximum absolute atomic E-state index is 13.1. The Kier molecular flexibility index (Phi) is 7.81. The van der Waals surface area contributed by atoms with Crippen molar-refractivity contribution in [1.82, 2.24) is 4.57 Å². The van der Waals surface area contributed by atoms with Gasteiger partial charge in [0.2, 0.25) is 0 Å². The average molecular weight is 425 g/mol. The highest BCUT2D eigenvalue weighted by molar-refractivity contribution is 6.04. The van der Waals surface area contributed by atoms with E-state index in [0.29, 0.717) is 55.4 Å². The molecule has 0 amide bonds. The highest BCUT2D eigenvalue weighted by atomic mass is 16.5. The molecule has 0 fully saturated rings. The highest BCUT2D eigenvalue weighted by Crippen LogP contribution is 2.25. The minimum Gasteiger partial charge on any atom is -0.491 e. The van der Waals surface area contributed by atoms with E-state index in [9.17, 15) is 9.59 Å². The number of carbonyl (C=O) groups is 2. The van der Waals surface area contributed by atoms with Crippen LogP contribution in [0.5, 0.6) is 5.75 Å². The van der Waals surface area contributed by atoms with Crippen molar-refractivity contribution in [2.45, 2.75) is 20.3 Å². The average Bonchev–Trinajstić information content (AvgIpc) is 3.09. The number of aryl methyl sites for hydroxylation is 1. The van der Waals surface area contributed by atoms with Crippen molar-refractivity contribution in [1.29, 1.82) is 0 Å². The quantitative estimate of drug-likeness (QED) is 0.472. The second-order valence-corrected chi connectivity index (χ2v) is 7.03. The van der Waals surface area contributed by atoms with E-state index in [4.69, 9.17) is 19.3 Å². The van der Waals surface area contributed by atoms with Gasteiger partial charge in [-0.3, -0.25) is 14.2 Å². The summed E-state index contributed by atoms with van der Waals surface area (Å²) >= 11 is 0. The second-order valence-electron chi connectivity index (χ2n) is 7.03. The topological polar surface area (TPSA) is 87.0 Å². The van der Waals surface area contributed by atoms with Gasteiger partial charge in [-0.25, -0.2) is 0 Å². The van der Waals surface area contributed by atoms with Crippen LogP contribution in [0.2, 0.25) is 0 Å². The Bertz CT molecular complexity index is 1040. The van der Waals surface area contributed by atoms with Gasteiger partial charge in [0.25, 0.3) is 5.91 Å². The molecular formula is C24H27NO6. The first kappa shape index (κ1) is 22.5. The molecule has 1 aromatic heterocycles. The maximum Gasteiger partial charge on any atom is 0.307 e. The highest BCUT2D eigenvalue weighted by Gasteiger charge is 2.17. The largest absolute Gasteiger partial charge is 0.491 e. The van der Waals surface area contributed by atoms with Crippen molar-refractivity contribution in [2.24, 2.45) is 0 Å². The van der Waals surface area contributed by atoms with E-state index >= 15 is 0 Å². The van der Waals surface area contributed by atoms with Crippen LogP contribution in [0, 0.1) is 6.92 Å². The first-order chi connectivity index (χ1) is 15.0. The minimum atomic E-state index is -0.903. The number of fused-ring (bicyclic) bond motifs is 1. The van der Waals surface area contributed by atoms with E-state index in [1.165, 1.54) is 0 Å². The summed E-state index contributed by atoms with van der Waals surface area (Å²) in [6.45, 7) is 6.42. The van der Waals surface area contributed by atoms with Crippen molar-refractivity contribution in [3.05, 3.63) is 65.4 Å². The fourth-order valence-corrected chi connectivity index (χ4v) is 3.42. The van der Waals surface area contributed by atoms with Crippen LogP contribution in [0.4, 0.5) is 0 Å². The zero-order chi connectivity index (χ0) is 22.2. The monoisotopic (exact) mass is 425 g/mol. The first-order valence-corrected chi connectivity index (χ1v) is 10.3. The fourth-order valence-electron chi connectivity index (χ4n) is 3.42. The van der Waals surface area contributed by atoms with Gasteiger partial charge in [0.1, 0.15) is 12.4 Å². The van der Waals surface area contributed by atoms with Crippen LogP contribution in [0.3, 0.4) is 0 Å². The van der Waals surface area contributed by atoms with E-state index in [-0.39, 0.29) is 12.3 Å². The number of carboxylic acids is 1. The van der Waals surface area contributed by atoms with E-state index in [1.807, 2.05) is 26.0 Å². The van der Waals surface area contributed by atoms with Crippen LogP contribution in [0.15, 0.2) is 48.5 Å². The summed E-state index contributed by atoms with van der Waals surface area (Å²) in [6.07, 6.45) is -0.0869. The summed E-state index contributed by atoms with van der Waals surface area (Å²) in [5, 5.41) is 9.92. The Hall–Kier alpha value is -3.16. The Morgan fingerprint density at radius 1 is 0.968 bits per heavy atom. The maximum atomic E-state index is 13.1. The number of ether oxygens (including phenoxy) is 3. The van der Waals surface area contributed by atoms with Crippen molar-refractivity contribution < 1.29 is 28.9 Å². The normalized spacial score (nSPS) is 11.0. The number of aromatic nitrogens is 1. The van der Waals surface area contributed by atoms with E-state index in [2.05, 4.69) is 0 Å². The summed E-state index contributed by atoms with van der Waals surface area (Å²) in [5.74, 6) is -0.423. The van der Waals surface area contributed by atoms with Crippen LogP contribution < -0.4 is 4.74 Å². The van der Waals surface area contributed by atoms with Crippen LogP contribution in [0.1, 0.15) is 28.5 Å². The van der Waals surface area contributed by atoms with Crippen molar-refractivity contribution in [2.75, 3.05) is 33.0 Å². The molecule has 0 aliphatic carbocycles. The summed E-state index contributed by atoms with van der Waals surface area (Å²) in [4.78, 5) is 24.3. The standard InChI is InChI=1S/C24H27NO6/c1-3-29-11-12-30-13-14-31-20-9-7-18(8-10-20)24(28)25-17(2)15-21-19(16-23(26)27)5-4-6-22(21)25/h4-10,15H,3,11-14,16H2,1-2H3,(H,26,27). The Morgan fingerprint density at radius 3 is 2.39 bits per heavy atom. The molecule has 0 atom stereocenters. The first-order valence-electron chi connectivity index (χ1n) is 10.3. The molecule has 3 rings (SSSR count). The lowest BCUT2D eigenvalue weighted by Gasteiger charge is -2.10. The zero-order valence-corrected chi connectivity index (χ0v) is 17.8. The lowest BCUT2D eigenvalue weighted by atomic mass is 10.1. The molecule has 0 aliphatic rings. The van der Waals surface area contributed by atoms with Gasteiger partial charge in [0, 0.05) is 23.3 Å². The molecule has 0 saturated carbocycles. The molecule has 1 heterocycles. The fraction of sp³-hybridized carbons (Fsp3) is 0.333. The number of hydrogen-bond donors (Lipinski definition) is 1. The zero-order valence-electron chi connectivity index (χ0n) is 17.8. The predicted molar refractivity (Wildman–Crippen MR) is 117 cm³/mol. The molecule has 0 bridgehead atoms. The summed E-state index contributed by atoms with van der Waals surface area (Å²) in [7, 11) is 0. The number of carbonyl (C=O) groups excluding carboxylic acids is 1. The molecule has 7 heteroatoms. The number of carboxylic acid groups (broad SMARTS) is 1. The van der Waals surface area contributed by atoms with E-state index in [0.717, 1.165) is 11.1 Å². The molecule has 0 aliphatic heterocycles. The molecule has 164 valence electrons. The number of benzene rings is 2. The summed E-state index contributed by atoms with van der Waals surface area (Å²) in [5.41, 5.74) is 2.66. The lowest BCUT2D eigenvalue weighted by molar-refractivity contribution is -0.136. The Balaban J connectivity index is 1.67. The molecular weight excluding hydrogens is 398 g/mol. The number of hydrogen-bond acceptors (Lipinski definition) is 5. The minimum absolute atomic E-state index is 0.0869. The van der Waals surface area contributed by atoms with E-state index < -0.39 is 5.97 Å².